The Morgan fingerprint density at radius 1 is 0.931 bits per heavy atom. The Labute approximate surface area is 172 Å². The number of hydrogen-bond donors (Lipinski definition) is 3. The van der Waals surface area contributed by atoms with E-state index in [1.54, 1.807) is 24.3 Å². The highest BCUT2D eigenvalue weighted by atomic mass is 16.2. The van der Waals surface area contributed by atoms with Gasteiger partial charge < -0.3 is 16.0 Å². The number of anilines is 1. The number of fused-ring (bicyclic) bond motifs is 2. The van der Waals surface area contributed by atoms with Crippen LogP contribution in [0.5, 0.6) is 0 Å². The number of benzene rings is 2. The third-order valence-electron chi connectivity index (χ3n) is 6.02. The zero-order valence-corrected chi connectivity index (χ0v) is 16.7. The first-order chi connectivity index (χ1) is 14.2. The van der Waals surface area contributed by atoms with Gasteiger partial charge in [0.1, 0.15) is 0 Å². The summed E-state index contributed by atoms with van der Waals surface area (Å²) >= 11 is 0. The Hall–Kier alpha value is -2.66. The number of amides is 2. The second kappa shape index (κ2) is 9.23. The van der Waals surface area contributed by atoms with Crippen molar-refractivity contribution >= 4 is 17.5 Å². The van der Waals surface area contributed by atoms with E-state index in [4.69, 9.17) is 0 Å². The number of hydrogen-bond acceptors (Lipinski definition) is 3. The van der Waals surface area contributed by atoms with E-state index >= 15 is 0 Å². The molecule has 0 aliphatic carbocycles. The van der Waals surface area contributed by atoms with E-state index in [1.165, 1.54) is 18.4 Å². The Bertz CT molecular complexity index is 823. The standard InChI is InChI=1S/C24H29N3O2/c28-23(16-18-14-21-10-11-22(15-18)26-21)27-20-8-6-19(7-9-20)24(29)25-13-12-17-4-2-1-3-5-17/h1-9,18,21-22,26H,10-16H2,(H,25,29)(H,27,28). The summed E-state index contributed by atoms with van der Waals surface area (Å²) < 4.78 is 0. The Morgan fingerprint density at radius 3 is 2.31 bits per heavy atom. The van der Waals surface area contributed by atoms with Crippen LogP contribution < -0.4 is 16.0 Å². The van der Waals surface area contributed by atoms with Crippen LogP contribution in [0.25, 0.3) is 0 Å². The molecule has 4 rings (SSSR count). The van der Waals surface area contributed by atoms with Crippen molar-refractivity contribution in [1.82, 2.24) is 10.6 Å². The van der Waals surface area contributed by atoms with Crippen molar-refractivity contribution in [2.75, 3.05) is 11.9 Å². The van der Waals surface area contributed by atoms with Crippen LogP contribution in [0.3, 0.4) is 0 Å². The highest BCUT2D eigenvalue weighted by Crippen LogP contribution is 2.32. The summed E-state index contributed by atoms with van der Waals surface area (Å²) in [5, 5.41) is 9.54. The van der Waals surface area contributed by atoms with Crippen molar-refractivity contribution in [3.63, 3.8) is 0 Å². The zero-order valence-electron chi connectivity index (χ0n) is 16.7. The molecule has 2 amide bonds. The van der Waals surface area contributed by atoms with Crippen LogP contribution in [0.4, 0.5) is 5.69 Å². The molecule has 2 heterocycles. The van der Waals surface area contributed by atoms with Gasteiger partial charge in [0.2, 0.25) is 5.91 Å². The quantitative estimate of drug-likeness (QED) is 0.676. The van der Waals surface area contributed by atoms with Crippen molar-refractivity contribution in [2.45, 2.75) is 50.6 Å². The molecule has 3 N–H and O–H groups in total. The van der Waals surface area contributed by atoms with Gasteiger partial charge in [-0.15, -0.1) is 0 Å². The third kappa shape index (κ3) is 5.45. The van der Waals surface area contributed by atoms with E-state index in [2.05, 4.69) is 28.1 Å². The first kappa shape index (κ1) is 19.6. The Balaban J connectivity index is 1.22. The maximum atomic E-state index is 12.4. The summed E-state index contributed by atoms with van der Waals surface area (Å²) in [6.07, 6.45) is 6.09. The van der Waals surface area contributed by atoms with Crippen molar-refractivity contribution < 1.29 is 9.59 Å². The van der Waals surface area contributed by atoms with Crippen LogP contribution in [-0.2, 0) is 11.2 Å². The summed E-state index contributed by atoms with van der Waals surface area (Å²) in [5.74, 6) is 0.448. The molecular formula is C24H29N3O2. The fourth-order valence-electron chi connectivity index (χ4n) is 4.59. The number of carbonyl (C=O) groups is 2. The molecule has 29 heavy (non-hydrogen) atoms. The molecular weight excluding hydrogens is 362 g/mol. The lowest BCUT2D eigenvalue weighted by atomic mass is 9.89. The molecule has 2 fully saturated rings. The summed E-state index contributed by atoms with van der Waals surface area (Å²) in [5.41, 5.74) is 2.55. The van der Waals surface area contributed by atoms with Gasteiger partial charge in [-0.25, -0.2) is 0 Å². The summed E-state index contributed by atoms with van der Waals surface area (Å²) in [6, 6.07) is 18.4. The number of nitrogens with one attached hydrogen (secondary N) is 3. The Morgan fingerprint density at radius 2 is 1.62 bits per heavy atom. The molecule has 2 saturated heterocycles. The number of rotatable bonds is 7. The molecule has 2 unspecified atom stereocenters. The van der Waals surface area contributed by atoms with Gasteiger partial charge >= 0.3 is 0 Å². The summed E-state index contributed by atoms with van der Waals surface area (Å²) in [4.78, 5) is 24.7. The molecule has 5 heteroatoms. The van der Waals surface area contributed by atoms with Crippen molar-refractivity contribution in [3.8, 4) is 0 Å². The lowest BCUT2D eigenvalue weighted by molar-refractivity contribution is -0.117. The number of piperidine rings is 1. The minimum absolute atomic E-state index is 0.0661. The van der Waals surface area contributed by atoms with E-state index < -0.39 is 0 Å². The average Bonchev–Trinajstić information content (AvgIpc) is 3.07. The van der Waals surface area contributed by atoms with Gasteiger partial charge in [0, 0.05) is 36.3 Å². The van der Waals surface area contributed by atoms with Crippen LogP contribution in [0.2, 0.25) is 0 Å². The minimum Gasteiger partial charge on any atom is -0.352 e. The average molecular weight is 392 g/mol. The van der Waals surface area contributed by atoms with Crippen LogP contribution in [-0.4, -0.2) is 30.4 Å². The topological polar surface area (TPSA) is 70.2 Å². The predicted molar refractivity (Wildman–Crippen MR) is 115 cm³/mol. The second-order valence-corrected chi connectivity index (χ2v) is 8.30. The van der Waals surface area contributed by atoms with Gasteiger partial charge in [-0.05, 0) is 67.9 Å². The first-order valence-electron chi connectivity index (χ1n) is 10.6. The minimum atomic E-state index is -0.0935. The molecule has 2 bridgehead atoms. The van der Waals surface area contributed by atoms with Crippen LogP contribution >= 0.6 is 0 Å². The van der Waals surface area contributed by atoms with Crippen molar-refractivity contribution in [3.05, 3.63) is 65.7 Å². The van der Waals surface area contributed by atoms with Crippen LogP contribution in [0, 0.1) is 5.92 Å². The fraction of sp³-hybridized carbons (Fsp3) is 0.417. The lowest BCUT2D eigenvalue weighted by Crippen LogP contribution is -2.39. The van der Waals surface area contributed by atoms with Gasteiger partial charge in [-0.1, -0.05) is 30.3 Å². The second-order valence-electron chi connectivity index (χ2n) is 8.30. The largest absolute Gasteiger partial charge is 0.352 e. The summed E-state index contributed by atoms with van der Waals surface area (Å²) in [7, 11) is 0. The van der Waals surface area contributed by atoms with Crippen molar-refractivity contribution in [1.29, 1.82) is 0 Å². The monoisotopic (exact) mass is 391 g/mol. The molecule has 2 aliphatic heterocycles. The molecule has 0 saturated carbocycles. The molecule has 152 valence electrons. The molecule has 2 atom stereocenters. The SMILES string of the molecule is O=C(CC1CC2CCC(C1)N2)Nc1ccc(C(=O)NCCc2ccccc2)cc1. The Kier molecular flexibility index (Phi) is 6.25. The maximum absolute atomic E-state index is 12.4. The lowest BCUT2D eigenvalue weighted by Gasteiger charge is -2.28. The van der Waals surface area contributed by atoms with Gasteiger partial charge in [0.05, 0.1) is 0 Å². The van der Waals surface area contributed by atoms with E-state index in [-0.39, 0.29) is 11.8 Å². The van der Waals surface area contributed by atoms with E-state index in [0.717, 1.165) is 24.9 Å². The van der Waals surface area contributed by atoms with Crippen molar-refractivity contribution in [2.24, 2.45) is 5.92 Å². The zero-order chi connectivity index (χ0) is 20.1. The molecule has 2 aromatic carbocycles. The molecule has 0 spiro atoms. The van der Waals surface area contributed by atoms with Crippen LogP contribution in [0.15, 0.2) is 54.6 Å². The van der Waals surface area contributed by atoms with Gasteiger partial charge in [-0.2, -0.15) is 0 Å². The third-order valence-corrected chi connectivity index (χ3v) is 6.02. The maximum Gasteiger partial charge on any atom is 0.251 e. The highest BCUT2D eigenvalue weighted by Gasteiger charge is 2.34. The van der Waals surface area contributed by atoms with Crippen LogP contribution in [0.1, 0.15) is 48.0 Å². The molecule has 2 aliphatic rings. The van der Waals surface area contributed by atoms with Gasteiger partial charge in [-0.3, -0.25) is 9.59 Å². The first-order valence-corrected chi connectivity index (χ1v) is 10.6. The van der Waals surface area contributed by atoms with Gasteiger partial charge in [0.15, 0.2) is 0 Å². The fourth-order valence-corrected chi connectivity index (χ4v) is 4.59. The van der Waals surface area contributed by atoms with Gasteiger partial charge in [0.25, 0.3) is 5.91 Å². The normalized spacial score (nSPS) is 22.8. The highest BCUT2D eigenvalue weighted by molar-refractivity contribution is 5.95. The molecule has 2 aromatic rings. The molecule has 5 nitrogen and oxygen atoms in total. The summed E-state index contributed by atoms with van der Waals surface area (Å²) in [6.45, 7) is 0.597. The van der Waals surface area contributed by atoms with E-state index in [0.29, 0.717) is 36.5 Å². The smallest absolute Gasteiger partial charge is 0.251 e. The molecule has 0 aromatic heterocycles. The molecule has 0 radical (unpaired) electrons. The predicted octanol–water partition coefficient (Wildman–Crippen LogP) is 3.52. The number of carbonyl (C=O) groups excluding carboxylic acids is 2. The van der Waals surface area contributed by atoms with E-state index in [9.17, 15) is 9.59 Å². The van der Waals surface area contributed by atoms with E-state index in [1.807, 2.05) is 18.2 Å².